The lowest BCUT2D eigenvalue weighted by molar-refractivity contribution is 0.0990. The number of hydrogen-bond acceptors (Lipinski definition) is 2. The zero-order valence-electron chi connectivity index (χ0n) is 10.6. The summed E-state index contributed by atoms with van der Waals surface area (Å²) in [5.74, 6) is -0.468. The molecule has 102 valence electrons. The highest BCUT2D eigenvalue weighted by molar-refractivity contribution is 6.31. The minimum atomic E-state index is -0.468. The van der Waals surface area contributed by atoms with Gasteiger partial charge in [-0.2, -0.15) is 5.10 Å². The van der Waals surface area contributed by atoms with Crippen molar-refractivity contribution in [1.29, 1.82) is 0 Å². The van der Waals surface area contributed by atoms with Crippen molar-refractivity contribution in [1.82, 2.24) is 14.8 Å². The number of halogens is 1. The van der Waals surface area contributed by atoms with Gasteiger partial charge in [0.25, 0.3) is 5.91 Å². The molecule has 5 nitrogen and oxygen atoms in total. The number of H-pyrrole nitrogens is 1. The average molecular weight is 289 g/mol. The molecule has 0 fully saturated rings. The summed E-state index contributed by atoms with van der Waals surface area (Å²) in [4.78, 5) is 14.4. The Hall–Kier alpha value is -2.27. The molecular formula is C14H13ClN4O. The summed E-state index contributed by atoms with van der Waals surface area (Å²) in [7, 11) is 0. The third kappa shape index (κ3) is 2.28. The van der Waals surface area contributed by atoms with Crippen LogP contribution in [0, 0.1) is 0 Å². The van der Waals surface area contributed by atoms with E-state index >= 15 is 0 Å². The third-order valence-electron chi connectivity index (χ3n) is 3.29. The second-order valence-electron chi connectivity index (χ2n) is 4.56. The van der Waals surface area contributed by atoms with Gasteiger partial charge >= 0.3 is 0 Å². The lowest BCUT2D eigenvalue weighted by Crippen LogP contribution is -2.18. The SMILES string of the molecule is NC(=O)c1ccnn1CCc1c[nH]c2ccc(Cl)cc12. The molecule has 3 N–H and O–H groups in total. The van der Waals surface area contributed by atoms with Gasteiger partial charge in [-0.15, -0.1) is 0 Å². The first-order chi connectivity index (χ1) is 9.65. The Morgan fingerprint density at radius 2 is 2.25 bits per heavy atom. The van der Waals surface area contributed by atoms with E-state index in [1.807, 2.05) is 24.4 Å². The Bertz CT molecular complexity index is 774. The van der Waals surface area contributed by atoms with Crippen LogP contribution in [0.25, 0.3) is 10.9 Å². The second kappa shape index (κ2) is 5.02. The summed E-state index contributed by atoms with van der Waals surface area (Å²) in [6.07, 6.45) is 4.27. The number of amides is 1. The van der Waals surface area contributed by atoms with Gasteiger partial charge < -0.3 is 10.7 Å². The number of carbonyl (C=O) groups is 1. The Morgan fingerprint density at radius 3 is 3.05 bits per heavy atom. The van der Waals surface area contributed by atoms with Crippen molar-refractivity contribution in [3.05, 3.63) is 52.9 Å². The number of aromatic amines is 1. The number of rotatable bonds is 4. The fourth-order valence-corrected chi connectivity index (χ4v) is 2.48. The van der Waals surface area contributed by atoms with E-state index in [4.69, 9.17) is 17.3 Å². The summed E-state index contributed by atoms with van der Waals surface area (Å²) in [6, 6.07) is 7.35. The molecule has 0 aliphatic carbocycles. The summed E-state index contributed by atoms with van der Waals surface area (Å²) >= 11 is 6.02. The predicted octanol–water partition coefficient (Wildman–Crippen LogP) is 2.36. The summed E-state index contributed by atoms with van der Waals surface area (Å²) in [5.41, 5.74) is 7.89. The molecule has 6 heteroatoms. The largest absolute Gasteiger partial charge is 0.364 e. The molecule has 3 rings (SSSR count). The lowest BCUT2D eigenvalue weighted by Gasteiger charge is -2.04. The molecule has 0 aliphatic heterocycles. The number of benzene rings is 1. The van der Waals surface area contributed by atoms with Gasteiger partial charge in [-0.3, -0.25) is 9.48 Å². The fraction of sp³-hybridized carbons (Fsp3) is 0.143. The molecule has 1 amide bonds. The number of aromatic nitrogens is 3. The van der Waals surface area contributed by atoms with Crippen LogP contribution < -0.4 is 5.73 Å². The Balaban J connectivity index is 1.85. The number of hydrogen-bond donors (Lipinski definition) is 2. The van der Waals surface area contributed by atoms with Crippen LogP contribution in [0.4, 0.5) is 0 Å². The molecule has 0 saturated carbocycles. The van der Waals surface area contributed by atoms with Crippen molar-refractivity contribution < 1.29 is 4.79 Å². The zero-order valence-corrected chi connectivity index (χ0v) is 11.4. The highest BCUT2D eigenvalue weighted by Crippen LogP contribution is 2.23. The topological polar surface area (TPSA) is 76.7 Å². The normalized spacial score (nSPS) is 11.1. The lowest BCUT2D eigenvalue weighted by atomic mass is 10.1. The zero-order chi connectivity index (χ0) is 14.1. The highest BCUT2D eigenvalue weighted by Gasteiger charge is 2.09. The molecule has 0 saturated heterocycles. The molecular weight excluding hydrogens is 276 g/mol. The van der Waals surface area contributed by atoms with E-state index in [1.54, 1.807) is 16.9 Å². The standard InChI is InChI=1S/C14H13ClN4O/c15-10-1-2-12-11(7-10)9(8-17-12)4-6-19-13(14(16)20)3-5-18-19/h1-3,5,7-8,17H,4,6H2,(H2,16,20). The van der Waals surface area contributed by atoms with Gasteiger partial charge in [0.2, 0.25) is 0 Å². The maximum Gasteiger partial charge on any atom is 0.266 e. The monoisotopic (exact) mass is 288 g/mol. The summed E-state index contributed by atoms with van der Waals surface area (Å²) < 4.78 is 1.62. The number of primary amides is 1. The van der Waals surface area contributed by atoms with Gasteiger partial charge in [-0.25, -0.2) is 0 Å². The number of aryl methyl sites for hydroxylation is 2. The van der Waals surface area contributed by atoms with Crippen LogP contribution in [0.3, 0.4) is 0 Å². The molecule has 0 spiro atoms. The molecule has 2 aromatic heterocycles. The summed E-state index contributed by atoms with van der Waals surface area (Å²) in [5, 5.41) is 5.91. The van der Waals surface area contributed by atoms with E-state index in [9.17, 15) is 4.79 Å². The van der Waals surface area contributed by atoms with Crippen molar-refractivity contribution in [2.75, 3.05) is 0 Å². The Morgan fingerprint density at radius 1 is 1.40 bits per heavy atom. The first-order valence-electron chi connectivity index (χ1n) is 6.22. The quantitative estimate of drug-likeness (QED) is 0.773. The van der Waals surface area contributed by atoms with Gasteiger partial charge in [-0.05, 0) is 36.2 Å². The number of nitrogens with two attached hydrogens (primary N) is 1. The minimum Gasteiger partial charge on any atom is -0.364 e. The van der Waals surface area contributed by atoms with Gasteiger partial charge in [0.05, 0.1) is 0 Å². The van der Waals surface area contributed by atoms with Crippen LogP contribution in [0.15, 0.2) is 36.7 Å². The minimum absolute atomic E-state index is 0.419. The van der Waals surface area contributed by atoms with Crippen LogP contribution >= 0.6 is 11.6 Å². The van der Waals surface area contributed by atoms with E-state index < -0.39 is 5.91 Å². The van der Waals surface area contributed by atoms with Gasteiger partial charge in [0.1, 0.15) is 5.69 Å². The third-order valence-corrected chi connectivity index (χ3v) is 3.53. The Kier molecular flexibility index (Phi) is 3.20. The first-order valence-corrected chi connectivity index (χ1v) is 6.60. The molecule has 1 aromatic carbocycles. The van der Waals surface area contributed by atoms with Crippen molar-refractivity contribution >= 4 is 28.4 Å². The van der Waals surface area contributed by atoms with Crippen molar-refractivity contribution in [3.8, 4) is 0 Å². The molecule has 0 atom stereocenters. The maximum absolute atomic E-state index is 11.2. The summed E-state index contributed by atoms with van der Waals surface area (Å²) in [6.45, 7) is 0.588. The van der Waals surface area contributed by atoms with Crippen molar-refractivity contribution in [2.45, 2.75) is 13.0 Å². The van der Waals surface area contributed by atoms with E-state index in [-0.39, 0.29) is 0 Å². The number of fused-ring (bicyclic) bond motifs is 1. The maximum atomic E-state index is 11.2. The molecule has 0 radical (unpaired) electrons. The Labute approximate surface area is 120 Å². The number of nitrogens with zero attached hydrogens (tertiary/aromatic N) is 2. The average Bonchev–Trinajstić information content (AvgIpc) is 3.02. The molecule has 3 aromatic rings. The molecule has 2 heterocycles. The van der Waals surface area contributed by atoms with Gasteiger partial charge in [-0.1, -0.05) is 11.6 Å². The number of nitrogens with one attached hydrogen (secondary N) is 1. The molecule has 0 aliphatic rings. The highest BCUT2D eigenvalue weighted by atomic mass is 35.5. The van der Waals surface area contributed by atoms with E-state index in [0.717, 1.165) is 22.9 Å². The smallest absolute Gasteiger partial charge is 0.266 e. The van der Waals surface area contributed by atoms with Crippen LogP contribution in [0.2, 0.25) is 5.02 Å². The van der Waals surface area contributed by atoms with E-state index in [1.165, 1.54) is 0 Å². The van der Waals surface area contributed by atoms with E-state index in [0.29, 0.717) is 17.3 Å². The number of carbonyl (C=O) groups excluding carboxylic acids is 1. The van der Waals surface area contributed by atoms with Crippen LogP contribution in [-0.2, 0) is 13.0 Å². The van der Waals surface area contributed by atoms with Gasteiger partial charge in [0, 0.05) is 34.9 Å². The first kappa shape index (κ1) is 12.7. The molecule has 0 unspecified atom stereocenters. The predicted molar refractivity (Wildman–Crippen MR) is 77.8 cm³/mol. The fourth-order valence-electron chi connectivity index (χ4n) is 2.30. The molecule has 20 heavy (non-hydrogen) atoms. The van der Waals surface area contributed by atoms with Crippen LogP contribution in [0.5, 0.6) is 0 Å². The van der Waals surface area contributed by atoms with Crippen LogP contribution in [0.1, 0.15) is 16.1 Å². The van der Waals surface area contributed by atoms with Crippen LogP contribution in [-0.4, -0.2) is 20.7 Å². The van der Waals surface area contributed by atoms with Gasteiger partial charge in [0.15, 0.2) is 0 Å². The van der Waals surface area contributed by atoms with Crippen molar-refractivity contribution in [2.24, 2.45) is 5.73 Å². The second-order valence-corrected chi connectivity index (χ2v) is 4.99. The van der Waals surface area contributed by atoms with Crippen molar-refractivity contribution in [3.63, 3.8) is 0 Å². The molecule has 0 bridgehead atoms. The van der Waals surface area contributed by atoms with E-state index in [2.05, 4.69) is 10.1 Å².